The van der Waals surface area contributed by atoms with Gasteiger partial charge in [0.15, 0.2) is 0 Å². The van der Waals surface area contributed by atoms with Crippen LogP contribution in [0.15, 0.2) is 17.0 Å². The second-order valence-electron chi connectivity index (χ2n) is 5.19. The van der Waals surface area contributed by atoms with Crippen molar-refractivity contribution in [3.8, 4) is 0 Å². The fourth-order valence-electron chi connectivity index (χ4n) is 2.38. The van der Waals surface area contributed by atoms with Gasteiger partial charge in [-0.1, -0.05) is 6.92 Å². The van der Waals surface area contributed by atoms with E-state index >= 15 is 0 Å². The number of aryl methyl sites for hydroxylation is 2. The largest absolute Gasteiger partial charge is 0.399 e. The van der Waals surface area contributed by atoms with E-state index in [2.05, 4.69) is 0 Å². The average molecular weight is 284 g/mol. The molecule has 0 aliphatic heterocycles. The molecule has 0 amide bonds. The molecule has 0 aromatic heterocycles. The molecule has 108 valence electrons. The van der Waals surface area contributed by atoms with Gasteiger partial charge in [-0.15, -0.1) is 0 Å². The van der Waals surface area contributed by atoms with Gasteiger partial charge in [0.1, 0.15) is 0 Å². The van der Waals surface area contributed by atoms with Gasteiger partial charge in [-0.3, -0.25) is 0 Å². The number of nitrogens with two attached hydrogens (primary N) is 1. The van der Waals surface area contributed by atoms with Gasteiger partial charge in [0.05, 0.1) is 4.90 Å². The van der Waals surface area contributed by atoms with Crippen LogP contribution in [-0.2, 0) is 10.0 Å². The number of hydrogen-bond donors (Lipinski definition) is 1. The van der Waals surface area contributed by atoms with Crippen LogP contribution in [0.1, 0.15) is 38.3 Å². The standard InChI is InChI=1S/C14H24N2O2S/c1-6-7-16(10(2)3)19(17,18)14-11(4)8-13(15)9-12(14)5/h8-10H,6-7,15H2,1-5H3. The van der Waals surface area contributed by atoms with E-state index in [1.165, 1.54) is 0 Å². The molecule has 1 aromatic rings. The Kier molecular flexibility index (Phi) is 4.98. The van der Waals surface area contributed by atoms with Crippen molar-refractivity contribution < 1.29 is 8.42 Å². The van der Waals surface area contributed by atoms with Crippen molar-refractivity contribution in [2.24, 2.45) is 0 Å². The molecule has 0 saturated heterocycles. The molecule has 0 fully saturated rings. The monoisotopic (exact) mass is 284 g/mol. The number of anilines is 1. The van der Waals surface area contributed by atoms with Crippen molar-refractivity contribution >= 4 is 15.7 Å². The predicted octanol–water partition coefficient (Wildman–Crippen LogP) is 2.69. The normalized spacial score (nSPS) is 12.4. The third-order valence-corrected chi connectivity index (χ3v) is 5.45. The highest BCUT2D eigenvalue weighted by Crippen LogP contribution is 2.27. The minimum atomic E-state index is -3.46. The van der Waals surface area contributed by atoms with E-state index in [1.54, 1.807) is 30.3 Å². The van der Waals surface area contributed by atoms with Crippen molar-refractivity contribution in [2.45, 2.75) is 52.0 Å². The van der Waals surface area contributed by atoms with Gasteiger partial charge in [-0.2, -0.15) is 4.31 Å². The van der Waals surface area contributed by atoms with E-state index < -0.39 is 10.0 Å². The van der Waals surface area contributed by atoms with Crippen LogP contribution in [0.5, 0.6) is 0 Å². The Morgan fingerprint density at radius 1 is 1.21 bits per heavy atom. The van der Waals surface area contributed by atoms with Gasteiger partial charge in [0.25, 0.3) is 0 Å². The molecule has 0 unspecified atom stereocenters. The Bertz CT molecular complexity index is 528. The van der Waals surface area contributed by atoms with Gasteiger partial charge in [0, 0.05) is 18.3 Å². The summed E-state index contributed by atoms with van der Waals surface area (Å²) in [5, 5.41) is 0. The summed E-state index contributed by atoms with van der Waals surface area (Å²) in [7, 11) is -3.46. The maximum atomic E-state index is 12.8. The first kappa shape index (κ1) is 16.0. The zero-order chi connectivity index (χ0) is 14.8. The van der Waals surface area contributed by atoms with Crippen molar-refractivity contribution in [1.29, 1.82) is 0 Å². The Balaban J connectivity index is 3.42. The molecule has 4 nitrogen and oxygen atoms in total. The summed E-state index contributed by atoms with van der Waals surface area (Å²) >= 11 is 0. The van der Waals surface area contributed by atoms with Crippen molar-refractivity contribution in [2.75, 3.05) is 12.3 Å². The Morgan fingerprint density at radius 3 is 2.05 bits per heavy atom. The SMILES string of the molecule is CCCN(C(C)C)S(=O)(=O)c1c(C)cc(N)cc1C. The third kappa shape index (κ3) is 3.28. The molecule has 5 heteroatoms. The summed E-state index contributed by atoms with van der Waals surface area (Å²) in [6.45, 7) is 9.89. The van der Waals surface area contributed by atoms with Gasteiger partial charge in [-0.05, 0) is 57.4 Å². The Morgan fingerprint density at radius 2 is 1.68 bits per heavy atom. The molecule has 19 heavy (non-hydrogen) atoms. The summed E-state index contributed by atoms with van der Waals surface area (Å²) in [4.78, 5) is 0.392. The smallest absolute Gasteiger partial charge is 0.243 e. The zero-order valence-corrected chi connectivity index (χ0v) is 13.2. The fourth-order valence-corrected chi connectivity index (χ4v) is 4.53. The summed E-state index contributed by atoms with van der Waals surface area (Å²) in [6, 6.07) is 3.37. The molecular weight excluding hydrogens is 260 g/mol. The first-order valence-electron chi connectivity index (χ1n) is 6.60. The molecule has 0 spiro atoms. The minimum Gasteiger partial charge on any atom is -0.399 e. The highest BCUT2D eigenvalue weighted by atomic mass is 32.2. The third-order valence-electron chi connectivity index (χ3n) is 3.07. The number of hydrogen-bond acceptors (Lipinski definition) is 3. The molecule has 0 radical (unpaired) electrons. The summed E-state index contributed by atoms with van der Waals surface area (Å²) in [5.41, 5.74) is 7.77. The molecular formula is C14H24N2O2S. The van der Waals surface area contributed by atoms with Crippen LogP contribution in [0.4, 0.5) is 5.69 Å². The van der Waals surface area contributed by atoms with Crippen molar-refractivity contribution in [3.05, 3.63) is 23.3 Å². The van der Waals surface area contributed by atoms with Crippen molar-refractivity contribution in [3.63, 3.8) is 0 Å². The van der Waals surface area contributed by atoms with E-state index in [0.29, 0.717) is 28.3 Å². The number of benzene rings is 1. The number of rotatable bonds is 5. The van der Waals surface area contributed by atoms with E-state index in [-0.39, 0.29) is 6.04 Å². The summed E-state index contributed by atoms with van der Waals surface area (Å²) < 4.78 is 27.2. The maximum absolute atomic E-state index is 12.8. The molecule has 0 bridgehead atoms. The lowest BCUT2D eigenvalue weighted by Gasteiger charge is -2.27. The molecule has 0 saturated carbocycles. The van der Waals surface area contributed by atoms with Gasteiger partial charge in [-0.25, -0.2) is 8.42 Å². The summed E-state index contributed by atoms with van der Waals surface area (Å²) in [6.07, 6.45) is 0.796. The fraction of sp³-hybridized carbons (Fsp3) is 0.571. The highest BCUT2D eigenvalue weighted by molar-refractivity contribution is 7.89. The Labute approximate surface area is 116 Å². The minimum absolute atomic E-state index is 0.0543. The van der Waals surface area contributed by atoms with Crippen LogP contribution in [-0.4, -0.2) is 25.3 Å². The van der Waals surface area contributed by atoms with Crippen molar-refractivity contribution in [1.82, 2.24) is 4.31 Å². The molecule has 0 aliphatic carbocycles. The lowest BCUT2D eigenvalue weighted by atomic mass is 10.1. The van der Waals surface area contributed by atoms with Crippen LogP contribution in [0.2, 0.25) is 0 Å². The van der Waals surface area contributed by atoms with Crippen LogP contribution in [0.25, 0.3) is 0 Å². The average Bonchev–Trinajstić information content (AvgIpc) is 2.22. The van der Waals surface area contributed by atoms with Crippen LogP contribution in [0, 0.1) is 13.8 Å². The quantitative estimate of drug-likeness (QED) is 0.846. The lowest BCUT2D eigenvalue weighted by Crippen LogP contribution is -2.38. The molecule has 0 atom stereocenters. The highest BCUT2D eigenvalue weighted by Gasteiger charge is 2.29. The van der Waals surface area contributed by atoms with Crippen LogP contribution in [0.3, 0.4) is 0 Å². The number of nitrogen functional groups attached to an aromatic ring is 1. The molecule has 0 heterocycles. The lowest BCUT2D eigenvalue weighted by molar-refractivity contribution is 0.353. The second-order valence-corrected chi connectivity index (χ2v) is 7.02. The molecule has 1 aromatic carbocycles. The number of nitrogens with zero attached hydrogens (tertiary/aromatic N) is 1. The van der Waals surface area contributed by atoms with E-state index in [1.807, 2.05) is 20.8 Å². The number of sulfonamides is 1. The Hall–Kier alpha value is -1.07. The van der Waals surface area contributed by atoms with E-state index in [4.69, 9.17) is 5.73 Å². The first-order chi connectivity index (χ1) is 8.71. The van der Waals surface area contributed by atoms with E-state index in [0.717, 1.165) is 6.42 Å². The van der Waals surface area contributed by atoms with Gasteiger partial charge >= 0.3 is 0 Å². The second kappa shape index (κ2) is 5.92. The van der Waals surface area contributed by atoms with Gasteiger partial charge < -0.3 is 5.73 Å². The maximum Gasteiger partial charge on any atom is 0.243 e. The van der Waals surface area contributed by atoms with Crippen LogP contribution >= 0.6 is 0 Å². The van der Waals surface area contributed by atoms with Crippen LogP contribution < -0.4 is 5.73 Å². The molecule has 1 rings (SSSR count). The predicted molar refractivity (Wildman–Crippen MR) is 79.6 cm³/mol. The summed E-state index contributed by atoms with van der Waals surface area (Å²) in [5.74, 6) is 0. The topological polar surface area (TPSA) is 63.4 Å². The van der Waals surface area contributed by atoms with E-state index in [9.17, 15) is 8.42 Å². The van der Waals surface area contributed by atoms with Gasteiger partial charge in [0.2, 0.25) is 10.0 Å². The molecule has 0 aliphatic rings. The first-order valence-corrected chi connectivity index (χ1v) is 8.04. The zero-order valence-electron chi connectivity index (χ0n) is 12.4. The molecule has 2 N–H and O–H groups in total.